The Morgan fingerprint density at radius 3 is 2.33 bits per heavy atom. The fourth-order valence-electron chi connectivity index (χ4n) is 3.26. The minimum absolute atomic E-state index is 0.199. The second-order valence-electron chi connectivity index (χ2n) is 8.81. The molecule has 0 aliphatic heterocycles. The maximum atomic E-state index is 12.9. The second-order valence-corrected chi connectivity index (χ2v) is 8.81. The van der Waals surface area contributed by atoms with E-state index in [1.54, 1.807) is 46.1 Å². The van der Waals surface area contributed by atoms with Gasteiger partial charge in [0.15, 0.2) is 0 Å². The summed E-state index contributed by atoms with van der Waals surface area (Å²) >= 11 is 0. The van der Waals surface area contributed by atoms with Crippen LogP contribution in [0, 0.1) is 0 Å². The molecule has 3 rings (SSSR count). The van der Waals surface area contributed by atoms with Gasteiger partial charge in [0.2, 0.25) is 0 Å². The average Bonchev–Trinajstić information content (AvgIpc) is 3.27. The summed E-state index contributed by atoms with van der Waals surface area (Å²) in [5, 5.41) is 7.12. The van der Waals surface area contributed by atoms with Crippen molar-refractivity contribution in [2.24, 2.45) is 0 Å². The summed E-state index contributed by atoms with van der Waals surface area (Å²) < 4.78 is 7.35. The van der Waals surface area contributed by atoms with Gasteiger partial charge in [0.05, 0.1) is 12.1 Å². The van der Waals surface area contributed by atoms with Gasteiger partial charge >= 0.3 is 6.09 Å². The van der Waals surface area contributed by atoms with E-state index in [0.29, 0.717) is 30.0 Å². The molecule has 0 radical (unpaired) electrons. The van der Waals surface area contributed by atoms with Crippen LogP contribution in [0.5, 0.6) is 0 Å². The zero-order valence-electron chi connectivity index (χ0n) is 19.8. The Morgan fingerprint density at radius 1 is 1.03 bits per heavy atom. The molecule has 3 aromatic rings. The first kappa shape index (κ1) is 23.8. The van der Waals surface area contributed by atoms with Gasteiger partial charge < -0.3 is 15.0 Å². The highest BCUT2D eigenvalue weighted by atomic mass is 16.6. The first-order valence-electron chi connectivity index (χ1n) is 10.8. The first-order valence-corrected chi connectivity index (χ1v) is 10.8. The molecule has 0 unspecified atom stereocenters. The Hall–Kier alpha value is -3.81. The van der Waals surface area contributed by atoms with Gasteiger partial charge in [0.25, 0.3) is 5.91 Å². The fraction of sp³-hybridized carbons (Fsp3) is 0.320. The van der Waals surface area contributed by atoms with Crippen molar-refractivity contribution < 1.29 is 14.3 Å². The van der Waals surface area contributed by atoms with E-state index in [-0.39, 0.29) is 5.91 Å². The molecule has 0 spiro atoms. The van der Waals surface area contributed by atoms with E-state index in [2.05, 4.69) is 10.4 Å². The number of benzene rings is 2. The molecule has 1 aromatic heterocycles. The normalized spacial score (nSPS) is 11.1. The number of carbonyl (C=O) groups excluding carboxylic acids is 2. The van der Waals surface area contributed by atoms with E-state index in [1.807, 2.05) is 70.2 Å². The number of hydrogen-bond donors (Lipinski definition) is 1. The van der Waals surface area contributed by atoms with E-state index < -0.39 is 11.7 Å². The van der Waals surface area contributed by atoms with Gasteiger partial charge in [-0.25, -0.2) is 4.79 Å². The van der Waals surface area contributed by atoms with Gasteiger partial charge in [0.1, 0.15) is 5.60 Å². The Balaban J connectivity index is 1.76. The Bertz CT molecular complexity index is 1070. The Morgan fingerprint density at radius 2 is 1.73 bits per heavy atom. The standard InChI is InChI=1S/C25H31N5O3/c1-25(2,3)33-24(32)30(18-17-29-16-8-15-26-29)20-13-11-19(12-14-20)27-23(31)21-9-6-7-10-22(21)28(4)5/h6-16H,17-18H2,1-5H3,(H,27,31). The van der Waals surface area contributed by atoms with Gasteiger partial charge in [-0.1, -0.05) is 12.1 Å². The molecule has 0 fully saturated rings. The molecule has 174 valence electrons. The molecule has 8 heteroatoms. The summed E-state index contributed by atoms with van der Waals surface area (Å²) in [5.74, 6) is -0.199. The van der Waals surface area contributed by atoms with Crippen molar-refractivity contribution in [2.75, 3.05) is 35.8 Å². The predicted molar refractivity (Wildman–Crippen MR) is 131 cm³/mol. The molecular formula is C25H31N5O3. The van der Waals surface area contributed by atoms with Crippen LogP contribution >= 0.6 is 0 Å². The molecule has 0 aliphatic carbocycles. The molecule has 2 aromatic carbocycles. The number of para-hydroxylation sites is 1. The number of nitrogens with one attached hydrogen (secondary N) is 1. The summed E-state index contributed by atoms with van der Waals surface area (Å²) in [4.78, 5) is 29.2. The third kappa shape index (κ3) is 6.58. The van der Waals surface area contributed by atoms with Crippen LogP contribution < -0.4 is 15.1 Å². The largest absolute Gasteiger partial charge is 0.443 e. The number of nitrogens with zero attached hydrogens (tertiary/aromatic N) is 4. The molecule has 0 atom stereocenters. The van der Waals surface area contributed by atoms with Crippen molar-refractivity contribution in [1.29, 1.82) is 0 Å². The lowest BCUT2D eigenvalue weighted by atomic mass is 10.1. The van der Waals surface area contributed by atoms with E-state index in [9.17, 15) is 9.59 Å². The van der Waals surface area contributed by atoms with Gasteiger partial charge in [-0.3, -0.25) is 14.4 Å². The molecule has 1 heterocycles. The van der Waals surface area contributed by atoms with Crippen LogP contribution in [-0.2, 0) is 11.3 Å². The molecular weight excluding hydrogens is 418 g/mol. The maximum Gasteiger partial charge on any atom is 0.414 e. The number of amides is 2. The number of carbonyl (C=O) groups is 2. The summed E-state index contributed by atoms with van der Waals surface area (Å²) in [6.07, 6.45) is 3.10. The van der Waals surface area contributed by atoms with E-state index in [4.69, 9.17) is 4.74 Å². The van der Waals surface area contributed by atoms with Crippen LogP contribution in [0.2, 0.25) is 0 Å². The third-order valence-corrected chi connectivity index (χ3v) is 4.79. The molecule has 0 bridgehead atoms. The summed E-state index contributed by atoms with van der Waals surface area (Å²) in [6.45, 7) is 6.41. The van der Waals surface area contributed by atoms with E-state index in [1.165, 1.54) is 0 Å². The highest BCUT2D eigenvalue weighted by molar-refractivity contribution is 6.08. The molecule has 1 N–H and O–H groups in total. The van der Waals surface area contributed by atoms with E-state index >= 15 is 0 Å². The molecule has 0 saturated heterocycles. The highest BCUT2D eigenvalue weighted by Crippen LogP contribution is 2.23. The van der Waals surface area contributed by atoms with Crippen LogP contribution in [0.4, 0.5) is 21.9 Å². The predicted octanol–water partition coefficient (Wildman–Crippen LogP) is 4.64. The van der Waals surface area contributed by atoms with Crippen LogP contribution in [0.25, 0.3) is 0 Å². The second kappa shape index (κ2) is 10.2. The van der Waals surface area contributed by atoms with Crippen LogP contribution in [-0.4, -0.2) is 48.0 Å². The molecule has 2 amide bonds. The van der Waals surface area contributed by atoms with Crippen molar-refractivity contribution in [3.05, 3.63) is 72.6 Å². The Labute approximate surface area is 194 Å². The van der Waals surface area contributed by atoms with Gasteiger partial charge in [0, 0.05) is 50.1 Å². The van der Waals surface area contributed by atoms with Crippen LogP contribution in [0.15, 0.2) is 67.0 Å². The third-order valence-electron chi connectivity index (χ3n) is 4.79. The SMILES string of the molecule is CN(C)c1ccccc1C(=O)Nc1ccc(N(CCn2cccn2)C(=O)OC(C)(C)C)cc1. The van der Waals surface area contributed by atoms with Crippen molar-refractivity contribution in [1.82, 2.24) is 9.78 Å². The number of anilines is 3. The van der Waals surface area contributed by atoms with Crippen molar-refractivity contribution in [3.63, 3.8) is 0 Å². The lowest BCUT2D eigenvalue weighted by Crippen LogP contribution is -2.38. The number of aromatic nitrogens is 2. The highest BCUT2D eigenvalue weighted by Gasteiger charge is 2.23. The maximum absolute atomic E-state index is 12.9. The van der Waals surface area contributed by atoms with Gasteiger partial charge in [-0.2, -0.15) is 5.10 Å². The van der Waals surface area contributed by atoms with Gasteiger partial charge in [-0.05, 0) is 63.2 Å². The number of rotatable bonds is 7. The van der Waals surface area contributed by atoms with Crippen molar-refractivity contribution >= 4 is 29.1 Å². The summed E-state index contributed by atoms with van der Waals surface area (Å²) in [5.41, 5.74) is 2.11. The number of ether oxygens (including phenoxy) is 1. The van der Waals surface area contributed by atoms with Crippen molar-refractivity contribution in [2.45, 2.75) is 32.9 Å². The monoisotopic (exact) mass is 449 g/mol. The van der Waals surface area contributed by atoms with Gasteiger partial charge in [-0.15, -0.1) is 0 Å². The zero-order valence-corrected chi connectivity index (χ0v) is 19.8. The lowest BCUT2D eigenvalue weighted by Gasteiger charge is -2.27. The quantitative estimate of drug-likeness (QED) is 0.568. The molecule has 33 heavy (non-hydrogen) atoms. The van der Waals surface area contributed by atoms with E-state index in [0.717, 1.165) is 5.69 Å². The number of hydrogen-bond acceptors (Lipinski definition) is 5. The molecule has 0 aliphatic rings. The fourth-order valence-corrected chi connectivity index (χ4v) is 3.26. The smallest absolute Gasteiger partial charge is 0.414 e. The lowest BCUT2D eigenvalue weighted by molar-refractivity contribution is 0.0578. The van der Waals surface area contributed by atoms with Crippen molar-refractivity contribution in [3.8, 4) is 0 Å². The molecule has 8 nitrogen and oxygen atoms in total. The molecule has 0 saturated carbocycles. The van der Waals surface area contributed by atoms with Crippen LogP contribution in [0.1, 0.15) is 31.1 Å². The topological polar surface area (TPSA) is 79.7 Å². The van der Waals surface area contributed by atoms with Crippen LogP contribution in [0.3, 0.4) is 0 Å². The average molecular weight is 450 g/mol. The summed E-state index contributed by atoms with van der Waals surface area (Å²) in [6, 6.07) is 16.4. The summed E-state index contributed by atoms with van der Waals surface area (Å²) in [7, 11) is 3.80. The minimum atomic E-state index is -0.616. The first-order chi connectivity index (χ1) is 15.6. The zero-order chi connectivity index (χ0) is 24.0. The minimum Gasteiger partial charge on any atom is -0.443 e. The Kier molecular flexibility index (Phi) is 7.37.